The molecule has 1 aliphatic heterocycles. The van der Waals surface area contributed by atoms with Crippen molar-refractivity contribution in [2.45, 2.75) is 36.6 Å². The number of amides is 2. The Morgan fingerprint density at radius 1 is 1.00 bits per heavy atom. The highest BCUT2D eigenvalue weighted by Gasteiger charge is 2.45. The summed E-state index contributed by atoms with van der Waals surface area (Å²) >= 11 is 0. The second-order valence-electron chi connectivity index (χ2n) is 8.25. The number of benzene rings is 2. The Morgan fingerprint density at radius 3 is 2.00 bits per heavy atom. The molecule has 0 saturated carbocycles. The van der Waals surface area contributed by atoms with Gasteiger partial charge in [-0.2, -0.15) is 26.3 Å². The van der Waals surface area contributed by atoms with E-state index in [1.165, 1.54) is 24.3 Å². The highest BCUT2D eigenvalue weighted by Crippen LogP contribution is 2.45. The van der Waals surface area contributed by atoms with Gasteiger partial charge in [0.05, 0.1) is 23.1 Å². The van der Waals surface area contributed by atoms with Crippen LogP contribution < -0.4 is 5.32 Å². The molecule has 1 N–H and O–H groups in total. The van der Waals surface area contributed by atoms with Crippen LogP contribution >= 0.6 is 0 Å². The monoisotopic (exact) mass is 522 g/mol. The number of nitrogens with one attached hydrogen (secondary N) is 1. The second-order valence-corrected chi connectivity index (χ2v) is 10.6. The van der Waals surface area contributed by atoms with E-state index in [1.807, 2.05) is 0 Å². The summed E-state index contributed by atoms with van der Waals surface area (Å²) in [5.74, 6) is -3.20. The van der Waals surface area contributed by atoms with Gasteiger partial charge in [-0.1, -0.05) is 18.2 Å². The Kier molecular flexibility index (Phi) is 6.70. The molecule has 0 aromatic heterocycles. The molecule has 6 nitrogen and oxygen atoms in total. The summed E-state index contributed by atoms with van der Waals surface area (Å²) in [5.41, 5.74) is -3.73. The van der Waals surface area contributed by atoms with Crippen molar-refractivity contribution >= 4 is 21.7 Å². The van der Waals surface area contributed by atoms with Crippen molar-refractivity contribution in [3.8, 4) is 0 Å². The number of fused-ring (bicyclic) bond motifs is 1. The van der Waals surface area contributed by atoms with Crippen molar-refractivity contribution < 1.29 is 44.3 Å². The molecular formula is C22H20F6N2O4S. The molecule has 3 unspecified atom stereocenters. The van der Waals surface area contributed by atoms with E-state index in [0.717, 1.165) is 25.1 Å². The highest BCUT2D eigenvalue weighted by atomic mass is 32.2. The molecule has 13 heteroatoms. The minimum atomic E-state index is -5.15. The van der Waals surface area contributed by atoms with E-state index in [1.54, 1.807) is 0 Å². The molecule has 190 valence electrons. The molecule has 35 heavy (non-hydrogen) atoms. The number of halogens is 6. The average molecular weight is 522 g/mol. The lowest BCUT2D eigenvalue weighted by molar-refractivity contribution is -0.143. The molecule has 0 radical (unpaired) electrons. The van der Waals surface area contributed by atoms with E-state index in [2.05, 4.69) is 5.32 Å². The van der Waals surface area contributed by atoms with Gasteiger partial charge in [0.2, 0.25) is 5.91 Å². The number of nitrogens with zero attached hydrogens (tertiary/aromatic N) is 1. The lowest BCUT2D eigenvalue weighted by Gasteiger charge is -2.40. The van der Waals surface area contributed by atoms with Crippen LogP contribution in [0.4, 0.5) is 26.3 Å². The van der Waals surface area contributed by atoms with Gasteiger partial charge in [-0.3, -0.25) is 9.59 Å². The first-order chi connectivity index (χ1) is 15.9. The van der Waals surface area contributed by atoms with E-state index < -0.39 is 68.0 Å². The van der Waals surface area contributed by atoms with Gasteiger partial charge < -0.3 is 10.2 Å². The highest BCUT2D eigenvalue weighted by molar-refractivity contribution is 7.91. The Labute approximate surface area is 196 Å². The quantitative estimate of drug-likeness (QED) is 0.612. The van der Waals surface area contributed by atoms with Gasteiger partial charge in [0.25, 0.3) is 5.91 Å². The van der Waals surface area contributed by atoms with Crippen LogP contribution in [-0.4, -0.2) is 43.8 Å². The maximum absolute atomic E-state index is 13.5. The number of hydrogen-bond donors (Lipinski definition) is 1. The zero-order valence-corrected chi connectivity index (χ0v) is 19.3. The third-order valence-electron chi connectivity index (χ3n) is 5.80. The van der Waals surface area contributed by atoms with Gasteiger partial charge in [0.1, 0.15) is 5.37 Å². The third kappa shape index (κ3) is 5.29. The molecule has 0 fully saturated rings. The standard InChI is InChI=1S/C22H20F6N2O4S/c1-11(35(3,33)34)29-19(31)17-15-6-4-5-7-16(15)20(32)30(2)18(17)12-8-13(21(23,24)25)10-14(9-12)22(26,27)28/h4-11,17-18H,1-3H3,(H,29,31). The van der Waals surface area contributed by atoms with Gasteiger partial charge in [-0.15, -0.1) is 0 Å². The smallest absolute Gasteiger partial charge is 0.339 e. The number of likely N-dealkylation sites (N-methyl/N-ethyl adjacent to an activating group) is 1. The molecule has 2 aromatic rings. The predicted octanol–water partition coefficient (Wildman–Crippen LogP) is 4.14. The number of sulfone groups is 1. The fourth-order valence-electron chi connectivity index (χ4n) is 3.92. The summed E-state index contributed by atoms with van der Waals surface area (Å²) in [6, 6.07) is 4.90. The van der Waals surface area contributed by atoms with Gasteiger partial charge in [-0.25, -0.2) is 8.42 Å². The minimum absolute atomic E-state index is 0.0152. The van der Waals surface area contributed by atoms with E-state index in [4.69, 9.17) is 0 Å². The molecule has 1 aliphatic rings. The first-order valence-corrected chi connectivity index (χ1v) is 12.0. The molecule has 3 rings (SSSR count). The Morgan fingerprint density at radius 2 is 1.51 bits per heavy atom. The molecule has 0 aliphatic carbocycles. The number of carbonyl (C=O) groups is 2. The number of alkyl halides is 6. The van der Waals surface area contributed by atoms with Gasteiger partial charge in [0.15, 0.2) is 9.84 Å². The second kappa shape index (κ2) is 8.85. The third-order valence-corrected chi connectivity index (χ3v) is 7.20. The summed E-state index contributed by atoms with van der Waals surface area (Å²) in [6.45, 7) is 1.16. The first kappa shape index (κ1) is 26.5. The van der Waals surface area contributed by atoms with Crippen molar-refractivity contribution in [3.05, 3.63) is 70.3 Å². The molecule has 2 amide bonds. The molecule has 0 spiro atoms. The summed E-state index contributed by atoms with van der Waals surface area (Å²) in [5, 5.41) is 0.841. The van der Waals surface area contributed by atoms with Crippen LogP contribution in [0.1, 0.15) is 51.5 Å². The lowest BCUT2D eigenvalue weighted by Crippen LogP contribution is -2.48. The van der Waals surface area contributed by atoms with Crippen LogP contribution in [0.2, 0.25) is 0 Å². The fourth-order valence-corrected chi connectivity index (χ4v) is 4.25. The lowest BCUT2D eigenvalue weighted by atomic mass is 9.78. The van der Waals surface area contributed by atoms with E-state index in [-0.39, 0.29) is 17.2 Å². The largest absolute Gasteiger partial charge is 0.416 e. The zero-order valence-electron chi connectivity index (χ0n) is 18.5. The predicted molar refractivity (Wildman–Crippen MR) is 113 cm³/mol. The molecule has 0 bridgehead atoms. The average Bonchev–Trinajstić information content (AvgIpc) is 2.73. The molecular weight excluding hydrogens is 502 g/mol. The Hall–Kier alpha value is -3.09. The van der Waals surface area contributed by atoms with Crippen LogP contribution in [0.25, 0.3) is 0 Å². The van der Waals surface area contributed by atoms with Gasteiger partial charge >= 0.3 is 12.4 Å². The molecule has 1 heterocycles. The van der Waals surface area contributed by atoms with Crippen molar-refractivity contribution in [3.63, 3.8) is 0 Å². The molecule has 2 aromatic carbocycles. The van der Waals surface area contributed by atoms with Crippen molar-refractivity contribution in [2.24, 2.45) is 0 Å². The zero-order chi connectivity index (χ0) is 26.5. The summed E-state index contributed by atoms with van der Waals surface area (Å²) in [7, 11) is -2.63. The van der Waals surface area contributed by atoms with E-state index in [0.29, 0.717) is 12.1 Å². The Balaban J connectivity index is 2.27. The van der Waals surface area contributed by atoms with Crippen molar-refractivity contribution in [1.82, 2.24) is 10.2 Å². The summed E-state index contributed by atoms with van der Waals surface area (Å²) < 4.78 is 105. The fraction of sp³-hybridized carbons (Fsp3) is 0.364. The van der Waals surface area contributed by atoms with Crippen LogP contribution in [0.15, 0.2) is 42.5 Å². The van der Waals surface area contributed by atoms with Gasteiger partial charge in [0, 0.05) is 18.9 Å². The van der Waals surface area contributed by atoms with Crippen LogP contribution in [0, 0.1) is 0 Å². The maximum Gasteiger partial charge on any atom is 0.416 e. The first-order valence-electron chi connectivity index (χ1n) is 10.1. The van der Waals surface area contributed by atoms with Crippen LogP contribution in [0.3, 0.4) is 0 Å². The number of carbonyl (C=O) groups excluding carboxylic acids is 2. The van der Waals surface area contributed by atoms with Crippen molar-refractivity contribution in [2.75, 3.05) is 13.3 Å². The molecule has 3 atom stereocenters. The normalized spacial score (nSPS) is 19.8. The minimum Gasteiger partial charge on any atom is -0.339 e. The summed E-state index contributed by atoms with van der Waals surface area (Å²) in [6.07, 6.45) is -9.44. The SMILES string of the molecule is CC(NC(=O)C1c2ccccc2C(=O)N(C)C1c1cc(C(F)(F)F)cc(C(F)(F)F)c1)S(C)(=O)=O. The number of hydrogen-bond acceptors (Lipinski definition) is 4. The van der Waals surface area contributed by atoms with Crippen LogP contribution in [0.5, 0.6) is 0 Å². The Bertz CT molecular complexity index is 1240. The topological polar surface area (TPSA) is 83.6 Å². The van der Waals surface area contributed by atoms with E-state index >= 15 is 0 Å². The maximum atomic E-state index is 13.5. The van der Waals surface area contributed by atoms with Crippen molar-refractivity contribution in [1.29, 1.82) is 0 Å². The van der Waals surface area contributed by atoms with Crippen LogP contribution in [-0.2, 0) is 27.0 Å². The number of rotatable bonds is 4. The summed E-state index contributed by atoms with van der Waals surface area (Å²) in [4.78, 5) is 27.1. The van der Waals surface area contributed by atoms with Gasteiger partial charge in [-0.05, 0) is 42.3 Å². The van der Waals surface area contributed by atoms with E-state index in [9.17, 15) is 44.3 Å². The molecule has 0 saturated heterocycles.